The van der Waals surface area contributed by atoms with Crippen molar-refractivity contribution in [1.82, 2.24) is 21.0 Å². The van der Waals surface area contributed by atoms with E-state index in [0.29, 0.717) is 27.6 Å². The molecule has 0 aliphatic carbocycles. The predicted molar refractivity (Wildman–Crippen MR) is 103 cm³/mol. The highest BCUT2D eigenvalue weighted by Crippen LogP contribution is 2.34. The summed E-state index contributed by atoms with van der Waals surface area (Å²) in [7, 11) is 0. The summed E-state index contributed by atoms with van der Waals surface area (Å²) < 4.78 is 5.07. The number of pyridine rings is 1. The van der Waals surface area contributed by atoms with Crippen LogP contribution >= 0.6 is 11.3 Å². The molecular weight excluding hydrogens is 366 g/mol. The molecule has 4 N–H and O–H groups in total. The average Bonchev–Trinajstić information content (AvgIpc) is 3.10. The van der Waals surface area contributed by atoms with E-state index in [-0.39, 0.29) is 12.3 Å². The number of hydrogen-bond acceptors (Lipinski definition) is 7. The molecule has 0 spiro atoms. The van der Waals surface area contributed by atoms with Crippen molar-refractivity contribution in [1.29, 1.82) is 0 Å². The van der Waals surface area contributed by atoms with Gasteiger partial charge >= 0.3 is 0 Å². The predicted octanol–water partition coefficient (Wildman–Crippen LogP) is 2.49. The maximum absolute atomic E-state index is 12.4. The highest BCUT2D eigenvalue weighted by atomic mass is 32.1. The molecule has 0 saturated heterocycles. The van der Waals surface area contributed by atoms with Crippen LogP contribution in [0.3, 0.4) is 0 Å². The maximum atomic E-state index is 12.4. The molecule has 3 rings (SSSR count). The Hall–Kier alpha value is -2.94. The molecule has 3 heterocycles. The van der Waals surface area contributed by atoms with Crippen LogP contribution in [-0.2, 0) is 11.2 Å². The molecule has 0 aromatic carbocycles. The van der Waals surface area contributed by atoms with Crippen LogP contribution in [0.15, 0.2) is 10.6 Å². The molecule has 8 nitrogen and oxygen atoms in total. The van der Waals surface area contributed by atoms with Crippen molar-refractivity contribution in [3.05, 3.63) is 39.2 Å². The van der Waals surface area contributed by atoms with Crippen molar-refractivity contribution in [2.24, 2.45) is 0 Å². The Labute approximate surface area is 160 Å². The number of thiophene rings is 1. The zero-order valence-corrected chi connectivity index (χ0v) is 16.4. The van der Waals surface area contributed by atoms with Crippen LogP contribution in [-0.4, -0.2) is 22.0 Å². The Morgan fingerprint density at radius 2 is 1.96 bits per heavy atom. The van der Waals surface area contributed by atoms with Crippen molar-refractivity contribution in [2.45, 2.75) is 40.5 Å². The molecule has 0 aliphatic heterocycles. The lowest BCUT2D eigenvalue weighted by atomic mass is 10.1. The molecule has 3 aromatic heterocycles. The summed E-state index contributed by atoms with van der Waals surface area (Å²) in [5.41, 5.74) is 14.8. The molecule has 142 valence electrons. The lowest BCUT2D eigenvalue weighted by Crippen LogP contribution is -2.41. The van der Waals surface area contributed by atoms with Gasteiger partial charge in [0.25, 0.3) is 5.91 Å². The van der Waals surface area contributed by atoms with Gasteiger partial charge in [-0.15, -0.1) is 11.3 Å². The summed E-state index contributed by atoms with van der Waals surface area (Å²) in [5.74, 6) is -0.0769. The normalized spacial score (nSPS) is 11.0. The van der Waals surface area contributed by atoms with Gasteiger partial charge in [-0.05, 0) is 45.7 Å². The van der Waals surface area contributed by atoms with Gasteiger partial charge in [0.15, 0.2) is 0 Å². The second kappa shape index (κ2) is 7.36. The van der Waals surface area contributed by atoms with Gasteiger partial charge in [-0.2, -0.15) is 0 Å². The second-order valence-corrected chi connectivity index (χ2v) is 7.41. The fourth-order valence-corrected chi connectivity index (χ4v) is 4.09. The molecule has 3 aromatic rings. The zero-order chi connectivity index (χ0) is 19.7. The number of carbonyl (C=O) groups excluding carboxylic acids is 2. The number of hydrazine groups is 1. The smallest absolute Gasteiger partial charge is 0.281 e. The van der Waals surface area contributed by atoms with Gasteiger partial charge in [-0.25, -0.2) is 4.98 Å². The number of fused-ring (bicyclic) bond motifs is 1. The molecule has 0 radical (unpaired) electrons. The van der Waals surface area contributed by atoms with Crippen molar-refractivity contribution in [3.8, 4) is 0 Å². The molecule has 0 fully saturated rings. The molecule has 27 heavy (non-hydrogen) atoms. The standard InChI is InChI=1S/C18H21N5O3S/c1-8-7-9(2)20-18-14(8)15(19)16(27-18)17(25)22-21-13(24)6-5-12-10(3)23-26-11(12)4/h7H,5-6,19H2,1-4H3,(H,21,24)(H,22,25). The Morgan fingerprint density at radius 3 is 2.63 bits per heavy atom. The Balaban J connectivity index is 1.64. The number of hydrogen-bond donors (Lipinski definition) is 3. The summed E-state index contributed by atoms with van der Waals surface area (Å²) >= 11 is 1.21. The Bertz CT molecular complexity index is 1020. The van der Waals surface area contributed by atoms with Crippen molar-refractivity contribution < 1.29 is 14.1 Å². The maximum Gasteiger partial charge on any atom is 0.281 e. The minimum absolute atomic E-state index is 0.199. The van der Waals surface area contributed by atoms with E-state index < -0.39 is 5.91 Å². The zero-order valence-electron chi connectivity index (χ0n) is 15.6. The summed E-state index contributed by atoms with van der Waals surface area (Å²) in [6.45, 7) is 7.45. The van der Waals surface area contributed by atoms with Crippen LogP contribution in [0, 0.1) is 27.7 Å². The Kier molecular flexibility index (Phi) is 5.13. The van der Waals surface area contributed by atoms with Crippen LogP contribution in [0.1, 0.15) is 44.4 Å². The first kappa shape index (κ1) is 18.8. The number of rotatable bonds is 4. The quantitative estimate of drug-likeness (QED) is 0.591. The number of aryl methyl sites for hydroxylation is 4. The van der Waals surface area contributed by atoms with E-state index in [1.807, 2.05) is 26.8 Å². The second-order valence-electron chi connectivity index (χ2n) is 6.41. The number of carbonyl (C=O) groups is 2. The third-order valence-electron chi connectivity index (χ3n) is 4.33. The first-order chi connectivity index (χ1) is 12.8. The van der Waals surface area contributed by atoms with Crippen LogP contribution in [0.5, 0.6) is 0 Å². The van der Waals surface area contributed by atoms with Crippen LogP contribution in [0.4, 0.5) is 5.69 Å². The molecule has 9 heteroatoms. The average molecular weight is 387 g/mol. The van der Waals surface area contributed by atoms with Crippen molar-refractivity contribution in [3.63, 3.8) is 0 Å². The van der Waals surface area contributed by atoms with E-state index in [1.54, 1.807) is 6.92 Å². The van der Waals surface area contributed by atoms with Gasteiger partial charge in [-0.1, -0.05) is 5.16 Å². The monoisotopic (exact) mass is 387 g/mol. The third kappa shape index (κ3) is 3.77. The number of aromatic nitrogens is 2. The largest absolute Gasteiger partial charge is 0.397 e. The fourth-order valence-electron chi connectivity index (χ4n) is 2.98. The summed E-state index contributed by atoms with van der Waals surface area (Å²) in [5, 5.41) is 4.64. The van der Waals surface area contributed by atoms with Gasteiger partial charge in [0.2, 0.25) is 5.91 Å². The number of anilines is 1. The topological polar surface area (TPSA) is 123 Å². The highest BCUT2D eigenvalue weighted by Gasteiger charge is 2.19. The van der Waals surface area contributed by atoms with Crippen LogP contribution < -0.4 is 16.6 Å². The van der Waals surface area contributed by atoms with Crippen LogP contribution in [0.2, 0.25) is 0 Å². The number of nitrogens with zero attached hydrogens (tertiary/aromatic N) is 2. The first-order valence-corrected chi connectivity index (χ1v) is 9.26. The number of nitrogens with two attached hydrogens (primary N) is 1. The molecular formula is C18H21N5O3S. The summed E-state index contributed by atoms with van der Waals surface area (Å²) in [4.78, 5) is 29.9. The third-order valence-corrected chi connectivity index (χ3v) is 5.43. The van der Waals surface area contributed by atoms with E-state index in [0.717, 1.165) is 27.9 Å². The number of nitrogen functional groups attached to an aromatic ring is 1. The summed E-state index contributed by atoms with van der Waals surface area (Å²) in [6, 6.07) is 1.92. The highest BCUT2D eigenvalue weighted by molar-refractivity contribution is 7.21. The van der Waals surface area contributed by atoms with Gasteiger partial charge in [0.05, 0.1) is 11.4 Å². The summed E-state index contributed by atoms with van der Waals surface area (Å²) in [6.07, 6.45) is 0.682. The van der Waals surface area contributed by atoms with Gasteiger partial charge < -0.3 is 10.3 Å². The lowest BCUT2D eigenvalue weighted by Gasteiger charge is -2.07. The van der Waals surface area contributed by atoms with E-state index in [9.17, 15) is 9.59 Å². The minimum Gasteiger partial charge on any atom is -0.397 e. The van der Waals surface area contributed by atoms with Crippen molar-refractivity contribution >= 4 is 39.1 Å². The number of amides is 2. The van der Waals surface area contributed by atoms with Gasteiger partial charge in [0.1, 0.15) is 15.5 Å². The van der Waals surface area contributed by atoms with Crippen molar-refractivity contribution in [2.75, 3.05) is 5.73 Å². The van der Waals surface area contributed by atoms with E-state index >= 15 is 0 Å². The number of nitrogens with one attached hydrogen (secondary N) is 2. The lowest BCUT2D eigenvalue weighted by molar-refractivity contribution is -0.121. The van der Waals surface area contributed by atoms with Crippen LogP contribution in [0.25, 0.3) is 10.2 Å². The fraction of sp³-hybridized carbons (Fsp3) is 0.333. The van der Waals surface area contributed by atoms with E-state index in [1.165, 1.54) is 11.3 Å². The molecule has 0 atom stereocenters. The molecule has 0 unspecified atom stereocenters. The molecule has 0 bridgehead atoms. The molecule has 0 saturated carbocycles. The van der Waals surface area contributed by atoms with Gasteiger partial charge in [-0.3, -0.25) is 20.4 Å². The van der Waals surface area contributed by atoms with Gasteiger partial charge in [0, 0.05) is 23.1 Å². The Morgan fingerprint density at radius 1 is 1.22 bits per heavy atom. The van der Waals surface area contributed by atoms with E-state index in [4.69, 9.17) is 10.3 Å². The SMILES string of the molecule is Cc1cc(C)c2c(N)c(C(=O)NNC(=O)CCc3c(C)noc3C)sc2n1. The first-order valence-electron chi connectivity index (χ1n) is 8.45. The molecule has 2 amide bonds. The minimum atomic E-state index is -0.460. The van der Waals surface area contributed by atoms with E-state index in [2.05, 4.69) is 21.0 Å². The molecule has 0 aliphatic rings.